The van der Waals surface area contributed by atoms with Gasteiger partial charge in [0.25, 0.3) is 5.91 Å². The summed E-state index contributed by atoms with van der Waals surface area (Å²) in [5.74, 6) is -0.897. The molecule has 9 nitrogen and oxygen atoms in total. The summed E-state index contributed by atoms with van der Waals surface area (Å²) in [6.07, 6.45) is 0.281. The fourth-order valence-corrected chi connectivity index (χ4v) is 3.11. The summed E-state index contributed by atoms with van der Waals surface area (Å²) < 4.78 is 16.0. The molecule has 0 aliphatic rings. The third-order valence-corrected chi connectivity index (χ3v) is 4.74. The van der Waals surface area contributed by atoms with Gasteiger partial charge < -0.3 is 19.2 Å². The lowest BCUT2D eigenvalue weighted by molar-refractivity contribution is -0.133. The molecule has 3 N–H and O–H groups in total. The van der Waals surface area contributed by atoms with E-state index in [2.05, 4.69) is 10.3 Å². The lowest BCUT2D eigenvalue weighted by Crippen LogP contribution is -2.41. The van der Waals surface area contributed by atoms with Crippen LogP contribution in [-0.4, -0.2) is 48.6 Å². The third-order valence-electron chi connectivity index (χ3n) is 4.74. The van der Waals surface area contributed by atoms with Crippen LogP contribution < -0.4 is 10.8 Å². The molecule has 164 valence electrons. The quantitative estimate of drug-likeness (QED) is 0.197. The van der Waals surface area contributed by atoms with E-state index in [1.807, 2.05) is 24.3 Å². The standard InChI is InChI=1S/C22H25N3O6/c1-14(20(26)25-28)11-17(12-30-13-29-2)23-21(27)15-7-9-16(10-8-15)22-24-18-5-3-4-6-19(18)31-22/h3-10,14,17,28H,11-13H2,1-2H3,(H,23,27)(H,25,26). The average molecular weight is 427 g/mol. The van der Waals surface area contributed by atoms with Crippen molar-refractivity contribution in [3.63, 3.8) is 0 Å². The van der Waals surface area contributed by atoms with Gasteiger partial charge in [0.1, 0.15) is 12.3 Å². The number of fused-ring (bicyclic) bond motifs is 1. The van der Waals surface area contributed by atoms with Gasteiger partial charge in [0, 0.05) is 24.2 Å². The van der Waals surface area contributed by atoms with Crippen LogP contribution in [-0.2, 0) is 14.3 Å². The topological polar surface area (TPSA) is 123 Å². The fraction of sp³-hybridized carbons (Fsp3) is 0.318. The van der Waals surface area contributed by atoms with Crippen LogP contribution in [0, 0.1) is 5.92 Å². The van der Waals surface area contributed by atoms with Gasteiger partial charge in [-0.3, -0.25) is 14.8 Å². The van der Waals surface area contributed by atoms with E-state index < -0.39 is 17.9 Å². The predicted octanol–water partition coefficient (Wildman–Crippen LogP) is 2.75. The molecule has 3 aromatic rings. The van der Waals surface area contributed by atoms with E-state index in [1.54, 1.807) is 36.7 Å². The number of hydrogen-bond acceptors (Lipinski definition) is 7. The van der Waals surface area contributed by atoms with Crippen LogP contribution in [0.1, 0.15) is 23.7 Å². The summed E-state index contributed by atoms with van der Waals surface area (Å²) in [7, 11) is 1.49. The second-order valence-corrected chi connectivity index (χ2v) is 7.12. The Balaban J connectivity index is 1.68. The smallest absolute Gasteiger partial charge is 0.251 e. The van der Waals surface area contributed by atoms with Crippen molar-refractivity contribution in [1.29, 1.82) is 0 Å². The molecule has 0 saturated carbocycles. The zero-order valence-electron chi connectivity index (χ0n) is 17.3. The Bertz CT molecular complexity index is 985. The van der Waals surface area contributed by atoms with E-state index in [0.29, 0.717) is 17.0 Å². The van der Waals surface area contributed by atoms with Crippen molar-refractivity contribution in [1.82, 2.24) is 15.8 Å². The number of benzene rings is 2. The molecule has 1 heterocycles. The molecule has 9 heteroatoms. The number of para-hydroxylation sites is 2. The van der Waals surface area contributed by atoms with Crippen LogP contribution >= 0.6 is 0 Å². The number of nitrogens with zero attached hydrogens (tertiary/aromatic N) is 1. The molecule has 2 unspecified atom stereocenters. The Labute approximate surface area is 179 Å². The first-order valence-electron chi connectivity index (χ1n) is 9.79. The van der Waals surface area contributed by atoms with Crippen molar-refractivity contribution in [2.45, 2.75) is 19.4 Å². The fourth-order valence-electron chi connectivity index (χ4n) is 3.11. The molecule has 1 aromatic heterocycles. The molecule has 0 bridgehead atoms. The monoisotopic (exact) mass is 427 g/mol. The largest absolute Gasteiger partial charge is 0.436 e. The number of carbonyl (C=O) groups excluding carboxylic acids is 2. The van der Waals surface area contributed by atoms with Gasteiger partial charge in [-0.05, 0) is 42.8 Å². The van der Waals surface area contributed by atoms with Crippen LogP contribution in [0.4, 0.5) is 0 Å². The average Bonchev–Trinajstić information content (AvgIpc) is 3.23. The number of methoxy groups -OCH3 is 1. The van der Waals surface area contributed by atoms with Crippen molar-refractivity contribution in [2.24, 2.45) is 5.92 Å². The number of ether oxygens (including phenoxy) is 2. The highest BCUT2D eigenvalue weighted by Gasteiger charge is 2.21. The number of carbonyl (C=O) groups is 2. The molecule has 0 aliphatic heterocycles. The second-order valence-electron chi connectivity index (χ2n) is 7.12. The van der Waals surface area contributed by atoms with Crippen LogP contribution in [0.3, 0.4) is 0 Å². The molecule has 2 atom stereocenters. The van der Waals surface area contributed by atoms with Crippen LogP contribution in [0.25, 0.3) is 22.6 Å². The number of hydrogen-bond donors (Lipinski definition) is 3. The summed E-state index contributed by atoms with van der Waals surface area (Å²) in [6.45, 7) is 1.87. The van der Waals surface area contributed by atoms with E-state index in [1.165, 1.54) is 7.11 Å². The van der Waals surface area contributed by atoms with E-state index in [4.69, 9.17) is 19.1 Å². The number of aromatic nitrogens is 1. The molecule has 2 amide bonds. The lowest BCUT2D eigenvalue weighted by atomic mass is 10.0. The molecule has 0 spiro atoms. The number of nitrogens with one attached hydrogen (secondary N) is 2. The maximum Gasteiger partial charge on any atom is 0.251 e. The van der Waals surface area contributed by atoms with Crippen molar-refractivity contribution < 1.29 is 28.7 Å². The molecule has 3 rings (SSSR count). The number of amides is 2. The molecule has 0 aliphatic carbocycles. The Hall–Kier alpha value is -3.27. The minimum Gasteiger partial charge on any atom is -0.436 e. The first-order chi connectivity index (χ1) is 15.0. The number of rotatable bonds is 10. The number of hydroxylamine groups is 1. The molecule has 31 heavy (non-hydrogen) atoms. The second kappa shape index (κ2) is 10.7. The zero-order valence-corrected chi connectivity index (χ0v) is 17.3. The van der Waals surface area contributed by atoms with Gasteiger partial charge in [-0.1, -0.05) is 19.1 Å². The van der Waals surface area contributed by atoms with Crippen molar-refractivity contribution in [2.75, 3.05) is 20.5 Å². The van der Waals surface area contributed by atoms with Gasteiger partial charge in [-0.15, -0.1) is 0 Å². The van der Waals surface area contributed by atoms with Crippen LogP contribution in [0.2, 0.25) is 0 Å². The molecule has 0 fully saturated rings. The minimum atomic E-state index is -0.534. The molecular formula is C22H25N3O6. The minimum absolute atomic E-state index is 0.0617. The summed E-state index contributed by atoms with van der Waals surface area (Å²) >= 11 is 0. The highest BCUT2D eigenvalue weighted by atomic mass is 16.7. The summed E-state index contributed by atoms with van der Waals surface area (Å²) in [5, 5.41) is 11.7. The summed E-state index contributed by atoms with van der Waals surface area (Å²) in [6, 6.07) is 13.9. The van der Waals surface area contributed by atoms with Gasteiger partial charge >= 0.3 is 0 Å². The SMILES string of the molecule is COCOCC(CC(C)C(=O)NO)NC(=O)c1ccc(-c2nc3ccccc3o2)cc1. The predicted molar refractivity (Wildman–Crippen MR) is 112 cm³/mol. The van der Waals surface area contributed by atoms with Gasteiger partial charge in [-0.2, -0.15) is 0 Å². The maximum absolute atomic E-state index is 12.7. The van der Waals surface area contributed by atoms with E-state index >= 15 is 0 Å². The lowest BCUT2D eigenvalue weighted by Gasteiger charge is -2.21. The van der Waals surface area contributed by atoms with E-state index in [-0.39, 0.29) is 25.7 Å². The summed E-state index contributed by atoms with van der Waals surface area (Å²) in [5.41, 5.74) is 4.27. The molecule has 2 aromatic carbocycles. The first-order valence-corrected chi connectivity index (χ1v) is 9.79. The van der Waals surface area contributed by atoms with Crippen molar-refractivity contribution in [3.05, 3.63) is 54.1 Å². The van der Waals surface area contributed by atoms with Gasteiger partial charge in [0.15, 0.2) is 5.58 Å². The van der Waals surface area contributed by atoms with Crippen molar-refractivity contribution in [3.8, 4) is 11.5 Å². The molecule has 0 radical (unpaired) electrons. The zero-order chi connectivity index (χ0) is 22.2. The third kappa shape index (κ3) is 5.88. The van der Waals surface area contributed by atoms with Crippen molar-refractivity contribution >= 4 is 22.9 Å². The Morgan fingerprint density at radius 1 is 1.16 bits per heavy atom. The maximum atomic E-state index is 12.7. The Morgan fingerprint density at radius 2 is 1.90 bits per heavy atom. The summed E-state index contributed by atoms with van der Waals surface area (Å²) in [4.78, 5) is 28.8. The normalized spacial score (nSPS) is 13.0. The van der Waals surface area contributed by atoms with Gasteiger partial charge in [0.05, 0.1) is 12.6 Å². The number of oxazole rings is 1. The molecule has 0 saturated heterocycles. The van der Waals surface area contributed by atoms with E-state index in [0.717, 1.165) is 11.1 Å². The van der Waals surface area contributed by atoms with Gasteiger partial charge in [-0.25, -0.2) is 10.5 Å². The Kier molecular flexibility index (Phi) is 7.71. The van der Waals surface area contributed by atoms with Gasteiger partial charge in [0.2, 0.25) is 11.8 Å². The van der Waals surface area contributed by atoms with Crippen LogP contribution in [0.5, 0.6) is 0 Å². The highest BCUT2D eigenvalue weighted by Crippen LogP contribution is 2.24. The first kappa shape index (κ1) is 22.4. The highest BCUT2D eigenvalue weighted by molar-refractivity contribution is 5.95. The Morgan fingerprint density at radius 3 is 2.58 bits per heavy atom. The molecular weight excluding hydrogens is 402 g/mol. The van der Waals surface area contributed by atoms with Crippen LogP contribution in [0.15, 0.2) is 52.9 Å². The van der Waals surface area contributed by atoms with E-state index in [9.17, 15) is 9.59 Å².